The summed E-state index contributed by atoms with van der Waals surface area (Å²) in [6.07, 6.45) is 4.20. The molecule has 1 heterocycles. The van der Waals surface area contributed by atoms with Gasteiger partial charge in [-0.2, -0.15) is 4.99 Å². The molecule has 0 bridgehead atoms. The second-order valence-electron chi connectivity index (χ2n) is 5.97. The fourth-order valence-electron chi connectivity index (χ4n) is 2.95. The van der Waals surface area contributed by atoms with Gasteiger partial charge in [-0.05, 0) is 25.8 Å². The summed E-state index contributed by atoms with van der Waals surface area (Å²) >= 11 is 0. The highest BCUT2D eigenvalue weighted by Crippen LogP contribution is 2.44. The third-order valence-electron chi connectivity index (χ3n) is 4.36. The quantitative estimate of drug-likeness (QED) is 0.320. The van der Waals surface area contributed by atoms with Crippen LogP contribution in [-0.4, -0.2) is 32.2 Å². The lowest BCUT2D eigenvalue weighted by Crippen LogP contribution is -2.01. The van der Waals surface area contributed by atoms with E-state index in [0.29, 0.717) is 30.6 Å². The minimum absolute atomic E-state index is 0.191. The fourth-order valence-corrected chi connectivity index (χ4v) is 2.95. The van der Waals surface area contributed by atoms with E-state index in [1.54, 1.807) is 0 Å². The topological polar surface area (TPSA) is 91.3 Å². The predicted molar refractivity (Wildman–Crippen MR) is 93.3 cm³/mol. The maximum atomic E-state index is 12.3. The van der Waals surface area contributed by atoms with Crippen molar-refractivity contribution < 1.29 is 28.6 Å². The van der Waals surface area contributed by atoms with Crippen molar-refractivity contribution in [2.45, 2.75) is 39.2 Å². The molecule has 1 unspecified atom stereocenters. The summed E-state index contributed by atoms with van der Waals surface area (Å²) < 4.78 is 15.4. The number of cyclic esters (lactones) is 1. The SMILES string of the molecule is COC(=O)CC/C(C)=C/CC1OC(=O)c2c(N=C=O)cc(OC)c(C)c21. The lowest BCUT2D eigenvalue weighted by atomic mass is 9.94. The Kier molecular flexibility index (Phi) is 6.31. The van der Waals surface area contributed by atoms with E-state index < -0.39 is 12.1 Å². The van der Waals surface area contributed by atoms with Crippen LogP contribution in [0.3, 0.4) is 0 Å². The van der Waals surface area contributed by atoms with Crippen molar-refractivity contribution in [3.8, 4) is 5.75 Å². The molecule has 26 heavy (non-hydrogen) atoms. The van der Waals surface area contributed by atoms with Crippen molar-refractivity contribution >= 4 is 23.7 Å². The largest absolute Gasteiger partial charge is 0.496 e. The molecule has 0 spiro atoms. The number of rotatable bonds is 7. The van der Waals surface area contributed by atoms with Gasteiger partial charge in [-0.25, -0.2) is 9.59 Å². The molecule has 0 amide bonds. The van der Waals surface area contributed by atoms with Crippen LogP contribution >= 0.6 is 0 Å². The van der Waals surface area contributed by atoms with Crippen molar-refractivity contribution in [1.82, 2.24) is 0 Å². The summed E-state index contributed by atoms with van der Waals surface area (Å²) in [5.41, 5.74) is 2.89. The number of carbonyl (C=O) groups is 2. The van der Waals surface area contributed by atoms with Crippen molar-refractivity contribution in [1.29, 1.82) is 0 Å². The van der Waals surface area contributed by atoms with Crippen LogP contribution in [0.5, 0.6) is 5.75 Å². The Morgan fingerprint density at radius 3 is 2.73 bits per heavy atom. The zero-order chi connectivity index (χ0) is 19.3. The zero-order valence-corrected chi connectivity index (χ0v) is 15.3. The summed E-state index contributed by atoms with van der Waals surface area (Å²) in [7, 11) is 2.86. The smallest absolute Gasteiger partial charge is 0.341 e. The van der Waals surface area contributed by atoms with Gasteiger partial charge in [-0.15, -0.1) is 0 Å². The zero-order valence-electron chi connectivity index (χ0n) is 15.3. The first-order chi connectivity index (χ1) is 12.4. The van der Waals surface area contributed by atoms with Gasteiger partial charge in [0, 0.05) is 24.5 Å². The Morgan fingerprint density at radius 2 is 2.12 bits per heavy atom. The third kappa shape index (κ3) is 4.00. The highest BCUT2D eigenvalue weighted by atomic mass is 16.5. The Morgan fingerprint density at radius 1 is 1.38 bits per heavy atom. The van der Waals surface area contributed by atoms with E-state index in [-0.39, 0.29) is 17.2 Å². The summed E-state index contributed by atoms with van der Waals surface area (Å²) in [6.45, 7) is 3.73. The van der Waals surface area contributed by atoms with Crippen molar-refractivity contribution in [2.75, 3.05) is 14.2 Å². The van der Waals surface area contributed by atoms with Gasteiger partial charge < -0.3 is 14.2 Å². The van der Waals surface area contributed by atoms with E-state index >= 15 is 0 Å². The Labute approximate surface area is 151 Å². The molecule has 138 valence electrons. The first-order valence-electron chi connectivity index (χ1n) is 8.15. The van der Waals surface area contributed by atoms with E-state index in [1.165, 1.54) is 26.4 Å². The molecule has 2 rings (SSSR count). The van der Waals surface area contributed by atoms with Gasteiger partial charge >= 0.3 is 11.9 Å². The maximum absolute atomic E-state index is 12.3. The molecular formula is C19H21NO6. The predicted octanol–water partition coefficient (Wildman–Crippen LogP) is 3.47. The fraction of sp³-hybridized carbons (Fsp3) is 0.421. The van der Waals surface area contributed by atoms with Crippen LogP contribution < -0.4 is 4.74 Å². The second-order valence-corrected chi connectivity index (χ2v) is 5.97. The third-order valence-corrected chi connectivity index (χ3v) is 4.36. The maximum Gasteiger partial charge on any atom is 0.341 e. The highest BCUT2D eigenvalue weighted by molar-refractivity contribution is 6.00. The van der Waals surface area contributed by atoms with Crippen LogP contribution in [0.2, 0.25) is 0 Å². The number of fused-ring (bicyclic) bond motifs is 1. The molecule has 0 saturated carbocycles. The second kappa shape index (κ2) is 8.45. The molecule has 1 aliphatic rings. The summed E-state index contributed by atoms with van der Waals surface area (Å²) in [5, 5.41) is 0. The Bertz CT molecular complexity index is 805. The average Bonchev–Trinajstić information content (AvgIpc) is 2.97. The van der Waals surface area contributed by atoms with E-state index in [2.05, 4.69) is 9.73 Å². The normalized spacial score (nSPS) is 15.8. The molecule has 0 aromatic heterocycles. The molecule has 0 fully saturated rings. The minimum Gasteiger partial charge on any atom is -0.496 e. The monoisotopic (exact) mass is 359 g/mol. The number of nitrogens with zero attached hydrogens (tertiary/aromatic N) is 1. The number of ether oxygens (including phenoxy) is 3. The lowest BCUT2D eigenvalue weighted by Gasteiger charge is -2.14. The van der Waals surface area contributed by atoms with Crippen LogP contribution in [0.4, 0.5) is 5.69 Å². The molecule has 0 N–H and O–H groups in total. The highest BCUT2D eigenvalue weighted by Gasteiger charge is 2.36. The molecule has 0 aliphatic carbocycles. The van der Waals surface area contributed by atoms with Crippen molar-refractivity contribution in [3.05, 3.63) is 34.4 Å². The van der Waals surface area contributed by atoms with Crippen molar-refractivity contribution in [3.63, 3.8) is 0 Å². The number of aliphatic imine (C=N–C) groups is 1. The van der Waals surface area contributed by atoms with Gasteiger partial charge in [0.2, 0.25) is 6.08 Å². The van der Waals surface area contributed by atoms with Crippen molar-refractivity contribution in [2.24, 2.45) is 4.99 Å². The van der Waals surface area contributed by atoms with Crippen LogP contribution in [0.15, 0.2) is 22.7 Å². The van der Waals surface area contributed by atoms with Crippen LogP contribution in [0.1, 0.15) is 53.8 Å². The number of benzene rings is 1. The van der Waals surface area contributed by atoms with Crippen LogP contribution in [0, 0.1) is 6.92 Å². The molecular weight excluding hydrogens is 338 g/mol. The molecule has 1 aliphatic heterocycles. The first-order valence-corrected chi connectivity index (χ1v) is 8.15. The number of carbonyl (C=O) groups excluding carboxylic acids is 3. The van der Waals surface area contributed by atoms with Gasteiger partial charge in [0.1, 0.15) is 11.9 Å². The van der Waals surface area contributed by atoms with E-state index in [0.717, 1.165) is 11.1 Å². The van der Waals surface area contributed by atoms with Crippen LogP contribution in [0.25, 0.3) is 0 Å². The van der Waals surface area contributed by atoms with E-state index in [1.807, 2.05) is 19.9 Å². The number of esters is 2. The summed E-state index contributed by atoms with van der Waals surface area (Å²) in [4.78, 5) is 37.8. The molecule has 0 radical (unpaired) electrons. The van der Waals surface area contributed by atoms with Gasteiger partial charge in [-0.1, -0.05) is 11.6 Å². The molecule has 1 atom stereocenters. The first kappa shape index (κ1) is 19.4. The number of allylic oxidation sites excluding steroid dienone is 1. The number of hydrogen-bond acceptors (Lipinski definition) is 7. The summed E-state index contributed by atoms with van der Waals surface area (Å²) in [6, 6.07) is 1.53. The molecule has 1 aromatic rings. The van der Waals surface area contributed by atoms with Gasteiger partial charge in [0.05, 0.1) is 25.5 Å². The number of methoxy groups -OCH3 is 2. The number of hydrogen-bond donors (Lipinski definition) is 0. The average molecular weight is 359 g/mol. The van der Waals surface area contributed by atoms with Gasteiger partial charge in [-0.3, -0.25) is 4.79 Å². The molecule has 1 aromatic carbocycles. The van der Waals surface area contributed by atoms with Crippen LogP contribution in [-0.2, 0) is 19.1 Å². The molecule has 7 nitrogen and oxygen atoms in total. The van der Waals surface area contributed by atoms with E-state index in [9.17, 15) is 14.4 Å². The Hall–Kier alpha value is -2.92. The molecule has 0 saturated heterocycles. The Balaban J connectivity index is 2.31. The minimum atomic E-state index is -0.523. The van der Waals surface area contributed by atoms with E-state index in [4.69, 9.17) is 9.47 Å². The lowest BCUT2D eigenvalue weighted by molar-refractivity contribution is -0.140. The molecule has 7 heteroatoms. The standard InChI is InChI=1S/C19H21NO6/c1-11(6-8-16(22)25-4)5-7-14-17-12(2)15(24-3)9-13(20-10-21)18(17)19(23)26-14/h5,9,14H,6-8H2,1-4H3/b11-5+. The summed E-state index contributed by atoms with van der Waals surface area (Å²) in [5.74, 6) is -0.273. The van der Waals surface area contributed by atoms with Gasteiger partial charge in [0.15, 0.2) is 0 Å². The van der Waals surface area contributed by atoms with Gasteiger partial charge in [0.25, 0.3) is 0 Å². The number of isocyanates is 1.